The van der Waals surface area contributed by atoms with E-state index in [9.17, 15) is 18.3 Å². The van der Waals surface area contributed by atoms with Crippen LogP contribution in [0.4, 0.5) is 13.2 Å². The van der Waals surface area contributed by atoms with E-state index in [0.717, 1.165) is 32.7 Å². The van der Waals surface area contributed by atoms with Gasteiger partial charge in [-0.3, -0.25) is 0 Å². The van der Waals surface area contributed by atoms with Gasteiger partial charge in [0.1, 0.15) is 0 Å². The molecule has 0 aliphatic carbocycles. The predicted octanol–water partition coefficient (Wildman–Crippen LogP) is 6.72. The number of hydrogen-bond acceptors (Lipinski definition) is 6. The number of fused-ring (bicyclic) bond motifs is 1. The highest BCUT2D eigenvalue weighted by Crippen LogP contribution is 2.31. The van der Waals surface area contributed by atoms with Gasteiger partial charge in [-0.15, -0.1) is 11.3 Å². The van der Waals surface area contributed by atoms with Crippen LogP contribution in [0.5, 0.6) is 0 Å². The summed E-state index contributed by atoms with van der Waals surface area (Å²) in [4.78, 5) is 10.1. The number of thiophene rings is 1. The van der Waals surface area contributed by atoms with Gasteiger partial charge in [-0.2, -0.15) is 18.3 Å². The first kappa shape index (κ1) is 24.9. The summed E-state index contributed by atoms with van der Waals surface area (Å²) >= 11 is 3.10. The summed E-state index contributed by atoms with van der Waals surface area (Å²) in [6, 6.07) is 22.0. The number of halogens is 3. The van der Waals surface area contributed by atoms with Crippen molar-refractivity contribution in [2.45, 2.75) is 24.4 Å². The molecule has 0 bridgehead atoms. The molecule has 35 heavy (non-hydrogen) atoms. The van der Waals surface area contributed by atoms with Crippen LogP contribution in [-0.2, 0) is 5.60 Å². The minimum absolute atomic E-state index is 0.444. The van der Waals surface area contributed by atoms with Crippen LogP contribution < -0.4 is 0 Å². The van der Waals surface area contributed by atoms with Gasteiger partial charge < -0.3 is 5.11 Å². The summed E-state index contributed by atoms with van der Waals surface area (Å²) < 4.78 is 30.9. The first-order chi connectivity index (χ1) is 16.8. The lowest BCUT2D eigenvalue weighted by atomic mass is 9.97. The Morgan fingerprint density at radius 1 is 1.06 bits per heavy atom. The van der Waals surface area contributed by atoms with Crippen molar-refractivity contribution in [3.63, 3.8) is 0 Å². The second kappa shape index (κ2) is 11.0. The van der Waals surface area contributed by atoms with Crippen LogP contribution in [0.25, 0.3) is 27.2 Å². The first-order valence-corrected chi connectivity index (χ1v) is 12.4. The maximum Gasteiger partial charge on any atom is 0.379 e. The van der Waals surface area contributed by atoms with E-state index in [4.69, 9.17) is 0 Å². The molecule has 1 atom stereocenters. The minimum atomic E-state index is -3.67. The third-order valence-corrected chi connectivity index (χ3v) is 7.13. The molecule has 1 N–H and O–H groups in total. The molecule has 1 unspecified atom stereocenters. The molecule has 180 valence electrons. The second-order valence-electron chi connectivity index (χ2n) is 7.68. The van der Waals surface area contributed by atoms with Crippen molar-refractivity contribution in [3.8, 4) is 16.3 Å². The molecule has 0 aliphatic heterocycles. The Labute approximate surface area is 208 Å². The van der Waals surface area contributed by atoms with Crippen molar-refractivity contribution in [3.05, 3.63) is 90.1 Å². The molecule has 5 nitrogen and oxygen atoms in total. The smallest absolute Gasteiger partial charge is 0.379 e. The number of aromatic nitrogens is 4. The van der Waals surface area contributed by atoms with Crippen LogP contribution in [0, 0.1) is 0 Å². The molecule has 0 saturated heterocycles. The molecule has 0 radical (unpaired) electrons. The molecule has 0 amide bonds. The molecular formula is C25H21F3N4OS2. The summed E-state index contributed by atoms with van der Waals surface area (Å²) in [5.41, 5.74) is 2.73. The van der Waals surface area contributed by atoms with Gasteiger partial charge in [0.05, 0.1) is 33.6 Å². The Balaban J connectivity index is 0.000000672. The first-order valence-electron chi connectivity index (χ1n) is 10.5. The van der Waals surface area contributed by atoms with Crippen molar-refractivity contribution < 1.29 is 18.3 Å². The van der Waals surface area contributed by atoms with Crippen molar-refractivity contribution in [2.75, 3.05) is 5.75 Å². The van der Waals surface area contributed by atoms with E-state index in [1.54, 1.807) is 17.5 Å². The average Bonchev–Trinajstić information content (AvgIpc) is 3.53. The van der Waals surface area contributed by atoms with E-state index in [1.807, 2.05) is 89.9 Å². The lowest BCUT2D eigenvalue weighted by Crippen LogP contribution is -2.24. The third-order valence-electron chi connectivity index (χ3n) is 5.08. The zero-order valence-electron chi connectivity index (χ0n) is 18.6. The quantitative estimate of drug-likeness (QED) is 0.201. The molecular weight excluding hydrogens is 493 g/mol. The van der Waals surface area contributed by atoms with E-state index in [-0.39, 0.29) is 0 Å². The van der Waals surface area contributed by atoms with Gasteiger partial charge in [0, 0.05) is 17.3 Å². The third kappa shape index (κ3) is 6.27. The van der Waals surface area contributed by atoms with Crippen LogP contribution >= 0.6 is 23.1 Å². The molecule has 0 spiro atoms. The van der Waals surface area contributed by atoms with Crippen molar-refractivity contribution >= 4 is 34.0 Å². The van der Waals surface area contributed by atoms with Crippen LogP contribution in [0.3, 0.4) is 0 Å². The number of aliphatic hydroxyl groups is 1. The van der Waals surface area contributed by atoms with Crippen molar-refractivity contribution in [1.29, 1.82) is 0 Å². The van der Waals surface area contributed by atoms with Gasteiger partial charge in [-0.05, 0) is 54.3 Å². The van der Waals surface area contributed by atoms with E-state index in [1.165, 1.54) is 11.8 Å². The molecule has 5 rings (SSSR count). The van der Waals surface area contributed by atoms with E-state index < -0.39 is 12.3 Å². The normalized spacial score (nSPS) is 12.9. The molecule has 2 aromatic carbocycles. The molecule has 3 heterocycles. The Kier molecular flexibility index (Phi) is 7.84. The molecule has 10 heteroatoms. The van der Waals surface area contributed by atoms with E-state index in [2.05, 4.69) is 15.1 Å². The Bertz CT molecular complexity index is 1370. The second-order valence-corrected chi connectivity index (χ2v) is 9.57. The summed E-state index contributed by atoms with van der Waals surface area (Å²) in [5, 5.41) is 19.4. The lowest BCUT2D eigenvalue weighted by molar-refractivity contribution is 0.00818. The topological polar surface area (TPSA) is 63.8 Å². The highest BCUT2D eigenvalue weighted by atomic mass is 32.2. The number of para-hydroxylation sites is 1. The van der Waals surface area contributed by atoms with Crippen LogP contribution in [-0.4, -0.2) is 37.3 Å². The zero-order chi connectivity index (χ0) is 24.8. The van der Waals surface area contributed by atoms with Gasteiger partial charge in [-0.1, -0.05) is 42.1 Å². The SMILES string of the molecule is CC(O)(CSc1nccc(-c2cccs2)n1)c1ccc2c(cnn2-c2ccccc2)c1.FC(F)F. The van der Waals surface area contributed by atoms with E-state index in [0.29, 0.717) is 10.9 Å². The standard InChI is InChI=1S/C24H20N4OS2.CHF3/c1-24(29,16-31-23-25-12-11-20(27-23)22-8-5-13-30-22)18-9-10-21-17(14-18)15-26-28(21)19-6-3-2-4-7-19;2-1(3)4/h2-15,29H,16H2,1H3;1H. The van der Waals surface area contributed by atoms with E-state index >= 15 is 0 Å². The Morgan fingerprint density at radius 2 is 1.83 bits per heavy atom. The summed E-state index contributed by atoms with van der Waals surface area (Å²) in [6.07, 6.45) is 3.60. The van der Waals surface area contributed by atoms with Crippen LogP contribution in [0.2, 0.25) is 0 Å². The molecule has 0 saturated carbocycles. The number of benzene rings is 2. The zero-order valence-corrected chi connectivity index (χ0v) is 20.2. The van der Waals surface area contributed by atoms with Crippen molar-refractivity contribution in [1.82, 2.24) is 19.7 Å². The van der Waals surface area contributed by atoms with Gasteiger partial charge in [0.25, 0.3) is 0 Å². The van der Waals surface area contributed by atoms with Gasteiger partial charge in [0.15, 0.2) is 5.16 Å². The molecule has 3 aromatic heterocycles. The molecule has 0 fully saturated rings. The molecule has 0 aliphatic rings. The fourth-order valence-corrected chi connectivity index (χ4v) is 4.97. The minimum Gasteiger partial charge on any atom is -0.385 e. The predicted molar refractivity (Wildman–Crippen MR) is 134 cm³/mol. The fraction of sp³-hybridized carbons (Fsp3) is 0.160. The summed E-state index contributed by atoms with van der Waals surface area (Å²) in [5.74, 6) is 0.444. The number of rotatable bonds is 6. The van der Waals surface area contributed by atoms with Crippen molar-refractivity contribution in [2.24, 2.45) is 0 Å². The number of hydrogen-bond donors (Lipinski definition) is 1. The fourth-order valence-electron chi connectivity index (χ4n) is 3.40. The highest BCUT2D eigenvalue weighted by molar-refractivity contribution is 7.99. The maximum absolute atomic E-state index is 11.2. The van der Waals surface area contributed by atoms with Gasteiger partial charge >= 0.3 is 6.68 Å². The maximum atomic E-state index is 11.2. The largest absolute Gasteiger partial charge is 0.385 e. The van der Waals surface area contributed by atoms with Gasteiger partial charge in [0.2, 0.25) is 0 Å². The lowest BCUT2D eigenvalue weighted by Gasteiger charge is -2.23. The Hall–Kier alpha value is -3.21. The van der Waals surface area contributed by atoms with Gasteiger partial charge in [-0.25, -0.2) is 14.6 Å². The van der Waals surface area contributed by atoms with Crippen LogP contribution in [0.15, 0.2) is 89.7 Å². The average molecular weight is 515 g/mol. The number of alkyl halides is 3. The monoisotopic (exact) mass is 514 g/mol. The summed E-state index contributed by atoms with van der Waals surface area (Å²) in [7, 11) is 0. The highest BCUT2D eigenvalue weighted by Gasteiger charge is 2.25. The Morgan fingerprint density at radius 3 is 2.54 bits per heavy atom. The number of thioether (sulfide) groups is 1. The number of nitrogens with zero attached hydrogens (tertiary/aromatic N) is 4. The van der Waals surface area contributed by atoms with Crippen LogP contribution in [0.1, 0.15) is 12.5 Å². The molecule has 5 aromatic rings. The summed E-state index contributed by atoms with van der Waals surface area (Å²) in [6.45, 7) is -1.84.